The molecule has 0 aliphatic carbocycles. The lowest BCUT2D eigenvalue weighted by Gasteiger charge is -2.14. The van der Waals surface area contributed by atoms with Crippen molar-refractivity contribution in [1.29, 1.82) is 0 Å². The van der Waals surface area contributed by atoms with Gasteiger partial charge >= 0.3 is 0 Å². The smallest absolute Gasteiger partial charge is 0.270 e. The number of hydrogen-bond donors (Lipinski definition) is 2. The SMILES string of the molecule is CC(C)NS(=O)(=O)Cc1ccccc1CNC(=O)c1cncn1-c1ccccc1. The molecule has 0 radical (unpaired) electrons. The van der Waals surface area contributed by atoms with E-state index in [1.165, 1.54) is 6.20 Å². The summed E-state index contributed by atoms with van der Waals surface area (Å²) in [5.74, 6) is -0.427. The molecule has 2 aromatic carbocycles. The Labute approximate surface area is 170 Å². The Morgan fingerprint density at radius 3 is 2.38 bits per heavy atom. The van der Waals surface area contributed by atoms with Crippen LogP contribution in [-0.2, 0) is 22.3 Å². The third kappa shape index (κ3) is 5.52. The predicted octanol–water partition coefficient (Wildman–Crippen LogP) is 2.63. The maximum Gasteiger partial charge on any atom is 0.270 e. The van der Waals surface area contributed by atoms with Crippen LogP contribution in [0, 0.1) is 0 Å². The van der Waals surface area contributed by atoms with Crippen molar-refractivity contribution in [2.45, 2.75) is 32.2 Å². The molecule has 1 heterocycles. The van der Waals surface area contributed by atoms with Crippen LogP contribution in [0.25, 0.3) is 5.69 Å². The molecule has 3 aromatic rings. The minimum atomic E-state index is -3.46. The number of carbonyl (C=O) groups excluding carboxylic acids is 1. The molecule has 0 aliphatic rings. The van der Waals surface area contributed by atoms with Gasteiger partial charge in [0.05, 0.1) is 18.3 Å². The quantitative estimate of drug-likeness (QED) is 0.595. The van der Waals surface area contributed by atoms with Gasteiger partial charge in [-0.25, -0.2) is 18.1 Å². The monoisotopic (exact) mass is 412 g/mol. The number of aromatic nitrogens is 2. The van der Waals surface area contributed by atoms with Crippen molar-refractivity contribution in [1.82, 2.24) is 19.6 Å². The highest BCUT2D eigenvalue weighted by molar-refractivity contribution is 7.88. The molecule has 0 saturated heterocycles. The van der Waals surface area contributed by atoms with E-state index < -0.39 is 10.0 Å². The summed E-state index contributed by atoms with van der Waals surface area (Å²) in [4.78, 5) is 16.8. The van der Waals surface area contributed by atoms with Crippen molar-refractivity contribution in [3.8, 4) is 5.69 Å². The summed E-state index contributed by atoms with van der Waals surface area (Å²) < 4.78 is 28.8. The molecule has 0 saturated carbocycles. The summed E-state index contributed by atoms with van der Waals surface area (Å²) in [7, 11) is -3.46. The van der Waals surface area contributed by atoms with Gasteiger partial charge in [-0.15, -0.1) is 0 Å². The number of sulfonamides is 1. The number of amides is 1. The van der Waals surface area contributed by atoms with E-state index in [0.717, 1.165) is 11.3 Å². The van der Waals surface area contributed by atoms with Crippen LogP contribution in [0.5, 0.6) is 0 Å². The summed E-state index contributed by atoms with van der Waals surface area (Å²) in [6, 6.07) is 16.5. The van der Waals surface area contributed by atoms with E-state index in [4.69, 9.17) is 0 Å². The molecule has 0 bridgehead atoms. The molecule has 3 rings (SSSR count). The molecule has 8 heteroatoms. The van der Waals surface area contributed by atoms with Gasteiger partial charge in [0, 0.05) is 18.3 Å². The van der Waals surface area contributed by atoms with Gasteiger partial charge in [-0.3, -0.25) is 9.36 Å². The zero-order valence-corrected chi connectivity index (χ0v) is 17.2. The van der Waals surface area contributed by atoms with Crippen LogP contribution in [0.2, 0.25) is 0 Å². The summed E-state index contributed by atoms with van der Waals surface area (Å²) >= 11 is 0. The molecule has 2 N–H and O–H groups in total. The number of benzene rings is 2. The number of hydrogen-bond acceptors (Lipinski definition) is 4. The first-order chi connectivity index (χ1) is 13.9. The molecule has 1 amide bonds. The van der Waals surface area contributed by atoms with E-state index >= 15 is 0 Å². The lowest BCUT2D eigenvalue weighted by Crippen LogP contribution is -2.32. The van der Waals surface area contributed by atoms with Crippen LogP contribution in [0.1, 0.15) is 35.5 Å². The van der Waals surface area contributed by atoms with Gasteiger partial charge in [-0.05, 0) is 37.1 Å². The second kappa shape index (κ2) is 9.02. The van der Waals surface area contributed by atoms with Gasteiger partial charge < -0.3 is 5.32 Å². The topological polar surface area (TPSA) is 93.1 Å². The fourth-order valence-electron chi connectivity index (χ4n) is 3.00. The Hall–Kier alpha value is -2.97. The Morgan fingerprint density at radius 1 is 1.03 bits per heavy atom. The largest absolute Gasteiger partial charge is 0.347 e. The van der Waals surface area contributed by atoms with Crippen LogP contribution in [0.15, 0.2) is 67.1 Å². The van der Waals surface area contributed by atoms with Crippen LogP contribution in [0.4, 0.5) is 0 Å². The standard InChI is InChI=1S/C21H24N4O3S/c1-16(2)24-29(27,28)14-18-9-7-6-8-17(18)12-23-21(26)20-13-22-15-25(20)19-10-4-3-5-11-19/h3-11,13,15-16,24H,12,14H2,1-2H3,(H,23,26). The summed E-state index contributed by atoms with van der Waals surface area (Å²) in [6.07, 6.45) is 3.09. The maximum atomic E-state index is 12.7. The molecule has 0 unspecified atom stereocenters. The highest BCUT2D eigenvalue weighted by Crippen LogP contribution is 2.14. The van der Waals surface area contributed by atoms with Crippen LogP contribution in [0.3, 0.4) is 0 Å². The van der Waals surface area contributed by atoms with Crippen molar-refractivity contribution >= 4 is 15.9 Å². The van der Waals surface area contributed by atoms with Gasteiger partial charge in [0.2, 0.25) is 10.0 Å². The number of nitrogens with one attached hydrogen (secondary N) is 2. The number of imidazole rings is 1. The summed E-state index contributed by atoms with van der Waals surface area (Å²) in [5, 5.41) is 2.86. The molecular weight excluding hydrogens is 388 g/mol. The summed E-state index contributed by atoms with van der Waals surface area (Å²) in [5.41, 5.74) is 2.64. The Morgan fingerprint density at radius 2 is 1.69 bits per heavy atom. The maximum absolute atomic E-state index is 12.7. The molecule has 0 spiro atoms. The van der Waals surface area contributed by atoms with E-state index in [9.17, 15) is 13.2 Å². The zero-order valence-electron chi connectivity index (χ0n) is 16.4. The first kappa shape index (κ1) is 20.8. The van der Waals surface area contributed by atoms with Gasteiger partial charge in [-0.1, -0.05) is 42.5 Å². The van der Waals surface area contributed by atoms with E-state index in [2.05, 4.69) is 15.0 Å². The van der Waals surface area contributed by atoms with Crippen molar-refractivity contribution in [3.63, 3.8) is 0 Å². The first-order valence-corrected chi connectivity index (χ1v) is 10.9. The summed E-state index contributed by atoms with van der Waals surface area (Å²) in [6.45, 7) is 3.77. The lowest BCUT2D eigenvalue weighted by molar-refractivity contribution is 0.0944. The van der Waals surface area contributed by atoms with Crippen molar-refractivity contribution < 1.29 is 13.2 Å². The fraction of sp³-hybridized carbons (Fsp3) is 0.238. The Balaban J connectivity index is 1.73. The lowest BCUT2D eigenvalue weighted by atomic mass is 10.1. The Bertz CT molecular complexity index is 1080. The number of rotatable bonds is 8. The van der Waals surface area contributed by atoms with Gasteiger partial charge in [0.25, 0.3) is 5.91 Å². The number of carbonyl (C=O) groups is 1. The molecule has 152 valence electrons. The van der Waals surface area contributed by atoms with E-state index in [1.54, 1.807) is 36.9 Å². The molecule has 29 heavy (non-hydrogen) atoms. The van der Waals surface area contributed by atoms with Gasteiger partial charge in [0.15, 0.2) is 0 Å². The van der Waals surface area contributed by atoms with Crippen LogP contribution >= 0.6 is 0 Å². The van der Waals surface area contributed by atoms with Crippen molar-refractivity contribution in [2.75, 3.05) is 0 Å². The van der Waals surface area contributed by atoms with Crippen molar-refractivity contribution in [2.24, 2.45) is 0 Å². The minimum Gasteiger partial charge on any atom is -0.347 e. The van der Waals surface area contributed by atoms with Crippen LogP contribution in [-0.4, -0.2) is 29.9 Å². The van der Waals surface area contributed by atoms with Gasteiger partial charge in [-0.2, -0.15) is 0 Å². The van der Waals surface area contributed by atoms with Gasteiger partial charge in [0.1, 0.15) is 5.69 Å². The fourth-order valence-corrected chi connectivity index (χ4v) is 4.49. The molecule has 0 aliphatic heterocycles. The normalized spacial score (nSPS) is 11.6. The molecule has 0 fully saturated rings. The van der Waals surface area contributed by atoms with Crippen LogP contribution < -0.4 is 10.0 Å². The number of nitrogens with zero attached hydrogens (tertiary/aromatic N) is 2. The second-order valence-corrected chi connectivity index (χ2v) is 8.72. The highest BCUT2D eigenvalue weighted by Gasteiger charge is 2.17. The van der Waals surface area contributed by atoms with E-state index in [0.29, 0.717) is 11.3 Å². The van der Waals surface area contributed by atoms with E-state index in [-0.39, 0.29) is 24.2 Å². The first-order valence-electron chi connectivity index (χ1n) is 9.28. The highest BCUT2D eigenvalue weighted by atomic mass is 32.2. The average Bonchev–Trinajstić information content (AvgIpc) is 3.16. The molecule has 1 aromatic heterocycles. The predicted molar refractivity (Wildman–Crippen MR) is 112 cm³/mol. The number of para-hydroxylation sites is 1. The molecular formula is C21H24N4O3S. The van der Waals surface area contributed by atoms with E-state index in [1.807, 2.05) is 42.5 Å². The molecule has 0 atom stereocenters. The zero-order chi connectivity index (χ0) is 20.9. The second-order valence-electron chi connectivity index (χ2n) is 6.97. The Kier molecular flexibility index (Phi) is 6.46. The molecule has 7 nitrogen and oxygen atoms in total. The van der Waals surface area contributed by atoms with Crippen molar-refractivity contribution in [3.05, 3.63) is 83.9 Å². The third-order valence-corrected chi connectivity index (χ3v) is 5.75. The third-order valence-electron chi connectivity index (χ3n) is 4.22. The average molecular weight is 413 g/mol. The minimum absolute atomic E-state index is 0.140.